The lowest BCUT2D eigenvalue weighted by Crippen LogP contribution is -2.11. The Morgan fingerprint density at radius 3 is 2.94 bits per heavy atom. The summed E-state index contributed by atoms with van der Waals surface area (Å²) < 4.78 is 0. The van der Waals surface area contributed by atoms with E-state index in [0.29, 0.717) is 11.7 Å². The van der Waals surface area contributed by atoms with E-state index >= 15 is 0 Å². The van der Waals surface area contributed by atoms with Crippen LogP contribution in [0.2, 0.25) is 0 Å². The van der Waals surface area contributed by atoms with Crippen molar-refractivity contribution in [1.29, 1.82) is 0 Å². The SMILES string of the molecule is CCCC(Nc1ncccc1N)c1cccs1. The van der Waals surface area contributed by atoms with Gasteiger partial charge in [-0.15, -0.1) is 11.3 Å². The molecule has 2 heterocycles. The number of nitrogen functional groups attached to an aromatic ring is 1. The molecule has 0 aliphatic carbocycles. The number of pyridine rings is 1. The molecule has 0 spiro atoms. The summed E-state index contributed by atoms with van der Waals surface area (Å²) >= 11 is 1.76. The van der Waals surface area contributed by atoms with Crippen molar-refractivity contribution in [2.75, 3.05) is 11.1 Å². The number of nitrogens with zero attached hydrogens (tertiary/aromatic N) is 1. The molecule has 0 radical (unpaired) electrons. The molecule has 2 aromatic heterocycles. The van der Waals surface area contributed by atoms with E-state index < -0.39 is 0 Å². The van der Waals surface area contributed by atoms with Crippen molar-refractivity contribution in [3.05, 3.63) is 40.7 Å². The summed E-state index contributed by atoms with van der Waals surface area (Å²) in [4.78, 5) is 5.61. The average Bonchev–Trinajstić information content (AvgIpc) is 2.85. The molecule has 0 aliphatic heterocycles. The number of nitrogens with one attached hydrogen (secondary N) is 1. The van der Waals surface area contributed by atoms with Crippen LogP contribution in [0.3, 0.4) is 0 Å². The van der Waals surface area contributed by atoms with Crippen molar-refractivity contribution in [1.82, 2.24) is 4.98 Å². The topological polar surface area (TPSA) is 50.9 Å². The maximum Gasteiger partial charge on any atom is 0.149 e. The van der Waals surface area contributed by atoms with Gasteiger partial charge in [-0.2, -0.15) is 0 Å². The van der Waals surface area contributed by atoms with Crippen molar-refractivity contribution in [3.8, 4) is 0 Å². The van der Waals surface area contributed by atoms with E-state index in [2.05, 4.69) is 34.7 Å². The normalized spacial score (nSPS) is 12.3. The predicted molar refractivity (Wildman–Crippen MR) is 74.2 cm³/mol. The van der Waals surface area contributed by atoms with Crippen LogP contribution in [0.1, 0.15) is 30.7 Å². The third kappa shape index (κ3) is 2.97. The van der Waals surface area contributed by atoms with Crippen molar-refractivity contribution in [2.45, 2.75) is 25.8 Å². The van der Waals surface area contributed by atoms with Crippen molar-refractivity contribution in [3.63, 3.8) is 0 Å². The van der Waals surface area contributed by atoms with Gasteiger partial charge in [0.2, 0.25) is 0 Å². The minimum Gasteiger partial charge on any atom is -0.396 e. The van der Waals surface area contributed by atoms with Crippen molar-refractivity contribution in [2.24, 2.45) is 0 Å². The Kier molecular flexibility index (Phi) is 3.98. The fourth-order valence-electron chi connectivity index (χ4n) is 1.77. The molecule has 0 bridgehead atoms. The van der Waals surface area contributed by atoms with Gasteiger partial charge in [0.05, 0.1) is 11.7 Å². The summed E-state index contributed by atoms with van der Waals surface area (Å²) in [5.41, 5.74) is 6.60. The minimum absolute atomic E-state index is 0.303. The first-order valence-corrected chi connectivity index (χ1v) is 6.69. The minimum atomic E-state index is 0.303. The van der Waals surface area contributed by atoms with Crippen LogP contribution in [0.25, 0.3) is 0 Å². The Morgan fingerprint density at radius 2 is 2.29 bits per heavy atom. The number of thiophene rings is 1. The fourth-order valence-corrected chi connectivity index (χ4v) is 2.58. The highest BCUT2D eigenvalue weighted by Crippen LogP contribution is 2.28. The lowest BCUT2D eigenvalue weighted by molar-refractivity contribution is 0.685. The van der Waals surface area contributed by atoms with E-state index in [0.717, 1.165) is 18.7 Å². The second kappa shape index (κ2) is 5.68. The molecular formula is C13H17N3S. The van der Waals surface area contributed by atoms with E-state index in [-0.39, 0.29) is 0 Å². The molecule has 2 rings (SSSR count). The maximum atomic E-state index is 5.90. The van der Waals surface area contributed by atoms with Gasteiger partial charge in [-0.3, -0.25) is 0 Å². The number of anilines is 2. The highest BCUT2D eigenvalue weighted by atomic mass is 32.1. The van der Waals surface area contributed by atoms with Crippen LogP contribution in [0.5, 0.6) is 0 Å². The van der Waals surface area contributed by atoms with E-state index in [1.165, 1.54) is 4.88 Å². The van der Waals surface area contributed by atoms with E-state index in [1.54, 1.807) is 17.5 Å². The van der Waals surface area contributed by atoms with Gasteiger partial charge >= 0.3 is 0 Å². The van der Waals surface area contributed by atoms with Crippen LogP contribution in [-0.2, 0) is 0 Å². The maximum absolute atomic E-state index is 5.90. The summed E-state index contributed by atoms with van der Waals surface area (Å²) in [6.07, 6.45) is 3.97. The third-order valence-electron chi connectivity index (χ3n) is 2.61. The zero-order valence-electron chi connectivity index (χ0n) is 9.89. The van der Waals surface area contributed by atoms with Gasteiger partial charge in [0.25, 0.3) is 0 Å². The molecule has 4 heteroatoms. The Hall–Kier alpha value is -1.55. The molecule has 0 amide bonds. The van der Waals surface area contributed by atoms with E-state index in [9.17, 15) is 0 Å². The molecule has 0 saturated heterocycles. The largest absolute Gasteiger partial charge is 0.396 e. The van der Waals surface area contributed by atoms with Crippen LogP contribution < -0.4 is 11.1 Å². The molecule has 0 saturated carbocycles. The number of rotatable bonds is 5. The molecule has 1 unspecified atom stereocenters. The fraction of sp³-hybridized carbons (Fsp3) is 0.308. The number of hydrogen-bond donors (Lipinski definition) is 2. The van der Waals surface area contributed by atoms with Gasteiger partial charge in [-0.25, -0.2) is 4.98 Å². The standard InChI is InChI=1S/C13H17N3S/c1-2-5-11(12-7-4-9-17-12)16-13-10(14)6-3-8-15-13/h3-4,6-9,11H,2,5,14H2,1H3,(H,15,16). The van der Waals surface area contributed by atoms with Gasteiger partial charge in [-0.05, 0) is 30.0 Å². The van der Waals surface area contributed by atoms with Gasteiger partial charge in [0.15, 0.2) is 0 Å². The molecule has 1 atom stereocenters. The van der Waals surface area contributed by atoms with Crippen molar-refractivity contribution < 1.29 is 0 Å². The zero-order valence-corrected chi connectivity index (χ0v) is 10.7. The van der Waals surface area contributed by atoms with Crippen LogP contribution >= 0.6 is 11.3 Å². The molecule has 0 aromatic carbocycles. The van der Waals surface area contributed by atoms with Crippen LogP contribution in [0.4, 0.5) is 11.5 Å². The van der Waals surface area contributed by atoms with E-state index in [4.69, 9.17) is 5.73 Å². The van der Waals surface area contributed by atoms with Crippen LogP contribution in [0, 0.1) is 0 Å². The first-order chi connectivity index (χ1) is 8.31. The first kappa shape index (κ1) is 11.9. The van der Waals surface area contributed by atoms with Gasteiger partial charge < -0.3 is 11.1 Å². The average molecular weight is 247 g/mol. The van der Waals surface area contributed by atoms with Gasteiger partial charge in [-0.1, -0.05) is 19.4 Å². The molecule has 17 heavy (non-hydrogen) atoms. The molecule has 2 aromatic rings. The monoisotopic (exact) mass is 247 g/mol. The summed E-state index contributed by atoms with van der Waals surface area (Å²) in [6, 6.07) is 8.24. The highest BCUT2D eigenvalue weighted by molar-refractivity contribution is 7.10. The van der Waals surface area contributed by atoms with Gasteiger partial charge in [0.1, 0.15) is 5.82 Å². The van der Waals surface area contributed by atoms with Crippen LogP contribution in [-0.4, -0.2) is 4.98 Å². The van der Waals surface area contributed by atoms with Crippen molar-refractivity contribution >= 4 is 22.8 Å². The first-order valence-electron chi connectivity index (χ1n) is 5.81. The predicted octanol–water partition coefficient (Wildman–Crippen LogP) is 3.68. The smallest absolute Gasteiger partial charge is 0.149 e. The van der Waals surface area contributed by atoms with Gasteiger partial charge in [0, 0.05) is 11.1 Å². The second-order valence-corrected chi connectivity index (χ2v) is 4.92. The molecule has 0 fully saturated rings. The highest BCUT2D eigenvalue weighted by Gasteiger charge is 2.13. The Balaban J connectivity index is 2.16. The molecule has 0 aliphatic rings. The molecule has 90 valence electrons. The second-order valence-electron chi connectivity index (χ2n) is 3.94. The Bertz CT molecular complexity index is 453. The number of nitrogens with two attached hydrogens (primary N) is 1. The summed E-state index contributed by atoms with van der Waals surface area (Å²) in [6.45, 7) is 2.18. The summed E-state index contributed by atoms with van der Waals surface area (Å²) in [7, 11) is 0. The number of aromatic nitrogens is 1. The summed E-state index contributed by atoms with van der Waals surface area (Å²) in [5, 5.41) is 5.52. The third-order valence-corrected chi connectivity index (χ3v) is 3.60. The van der Waals surface area contributed by atoms with Crippen LogP contribution in [0.15, 0.2) is 35.8 Å². The Labute approximate surface area is 106 Å². The molecule has 3 N–H and O–H groups in total. The quantitative estimate of drug-likeness (QED) is 0.847. The summed E-state index contributed by atoms with van der Waals surface area (Å²) in [5.74, 6) is 0.777. The number of hydrogen-bond acceptors (Lipinski definition) is 4. The lowest BCUT2D eigenvalue weighted by Gasteiger charge is -2.18. The Morgan fingerprint density at radius 1 is 1.41 bits per heavy atom. The zero-order chi connectivity index (χ0) is 12.1. The molecular weight excluding hydrogens is 230 g/mol. The molecule has 3 nitrogen and oxygen atoms in total. The van der Waals surface area contributed by atoms with E-state index in [1.807, 2.05) is 12.1 Å². The lowest BCUT2D eigenvalue weighted by atomic mass is 10.1.